The van der Waals surface area contributed by atoms with Gasteiger partial charge in [-0.15, -0.1) is 0 Å². The maximum Gasteiger partial charge on any atom is 0.0719 e. The number of para-hydroxylation sites is 1. The minimum atomic E-state index is 0.729. The van der Waals surface area contributed by atoms with Crippen LogP contribution in [0.2, 0.25) is 5.02 Å². The van der Waals surface area contributed by atoms with Crippen LogP contribution in [0.4, 0.5) is 11.4 Å². The molecule has 0 bridgehead atoms. The maximum atomic E-state index is 6.84. The molecule has 0 saturated carbocycles. The van der Waals surface area contributed by atoms with Crippen molar-refractivity contribution in [3.63, 3.8) is 0 Å². The van der Waals surface area contributed by atoms with Crippen LogP contribution in [0.5, 0.6) is 0 Å². The molecule has 1 heterocycles. The number of halogens is 1. The summed E-state index contributed by atoms with van der Waals surface area (Å²) < 4.78 is 2.35. The van der Waals surface area contributed by atoms with Crippen molar-refractivity contribution in [1.29, 1.82) is 0 Å². The van der Waals surface area contributed by atoms with Gasteiger partial charge < -0.3 is 9.88 Å². The molecule has 0 aliphatic heterocycles. The van der Waals surface area contributed by atoms with Crippen LogP contribution in [0, 0.1) is 0 Å². The molecule has 194 valence electrons. The van der Waals surface area contributed by atoms with Crippen molar-refractivity contribution < 1.29 is 0 Å². The van der Waals surface area contributed by atoms with Crippen molar-refractivity contribution >= 4 is 66.3 Å². The minimum Gasteiger partial charge on any atom is -0.354 e. The molecule has 41 heavy (non-hydrogen) atoms. The highest BCUT2D eigenvalue weighted by atomic mass is 35.5. The van der Waals surface area contributed by atoms with Gasteiger partial charge in [0.2, 0.25) is 0 Å². The fourth-order valence-corrected chi connectivity index (χ4v) is 6.36. The van der Waals surface area contributed by atoms with Crippen LogP contribution >= 0.6 is 11.6 Å². The van der Waals surface area contributed by atoms with E-state index < -0.39 is 0 Å². The van der Waals surface area contributed by atoms with Crippen molar-refractivity contribution in [3.8, 4) is 16.8 Å². The van der Waals surface area contributed by atoms with E-state index in [1.807, 2.05) is 12.1 Å². The van der Waals surface area contributed by atoms with Gasteiger partial charge in [-0.3, -0.25) is 0 Å². The lowest BCUT2D eigenvalue weighted by Gasteiger charge is -2.13. The Hall–Kier alpha value is -5.05. The Labute approximate surface area is 243 Å². The summed E-state index contributed by atoms with van der Waals surface area (Å²) >= 11 is 6.84. The summed E-state index contributed by atoms with van der Waals surface area (Å²) in [6.07, 6.45) is 0. The van der Waals surface area contributed by atoms with Gasteiger partial charge in [0.05, 0.1) is 21.7 Å². The molecule has 0 spiro atoms. The summed E-state index contributed by atoms with van der Waals surface area (Å²) in [5.41, 5.74) is 7.79. The standard InChI is InChI=1S/C38H25ClN2/c39-38-32-12-4-2-9-26(32)18-23-35(38)40-28-19-22-34-33-13-5-6-15-36(33)41(37(34)24-28)29-20-16-27(17-21-29)31-14-7-10-25-8-1-3-11-30(25)31/h1-24,40H. The second-order valence-corrected chi connectivity index (χ2v) is 10.8. The first kappa shape index (κ1) is 23.8. The van der Waals surface area contributed by atoms with E-state index >= 15 is 0 Å². The fourth-order valence-electron chi connectivity index (χ4n) is 6.08. The Morgan fingerprint density at radius 3 is 1.98 bits per heavy atom. The van der Waals surface area contributed by atoms with Crippen LogP contribution in [0.1, 0.15) is 0 Å². The quantitative estimate of drug-likeness (QED) is 0.233. The van der Waals surface area contributed by atoms with E-state index in [1.54, 1.807) is 0 Å². The first-order valence-corrected chi connectivity index (χ1v) is 14.2. The summed E-state index contributed by atoms with van der Waals surface area (Å²) in [5, 5.41) is 11.5. The number of nitrogens with zero attached hydrogens (tertiary/aromatic N) is 1. The maximum absolute atomic E-state index is 6.84. The van der Waals surface area contributed by atoms with Gasteiger partial charge in [-0.2, -0.15) is 0 Å². The van der Waals surface area contributed by atoms with Gasteiger partial charge in [0.25, 0.3) is 0 Å². The lowest BCUT2D eigenvalue weighted by molar-refractivity contribution is 1.18. The summed E-state index contributed by atoms with van der Waals surface area (Å²) in [5.74, 6) is 0. The van der Waals surface area contributed by atoms with Crippen LogP contribution < -0.4 is 5.32 Å². The Kier molecular flexibility index (Phi) is 5.54. The molecule has 0 amide bonds. The topological polar surface area (TPSA) is 17.0 Å². The van der Waals surface area contributed by atoms with E-state index in [2.05, 4.69) is 143 Å². The largest absolute Gasteiger partial charge is 0.354 e. The van der Waals surface area contributed by atoms with Crippen LogP contribution in [0.15, 0.2) is 146 Å². The number of rotatable bonds is 4. The zero-order chi connectivity index (χ0) is 27.3. The predicted octanol–water partition coefficient (Wildman–Crippen LogP) is 11.2. The Bertz CT molecular complexity index is 2240. The molecule has 1 N–H and O–H groups in total. The number of hydrogen-bond acceptors (Lipinski definition) is 1. The third kappa shape index (κ3) is 3.96. The van der Waals surface area contributed by atoms with E-state index in [0.29, 0.717) is 0 Å². The number of aromatic nitrogens is 1. The Balaban J connectivity index is 1.25. The highest BCUT2D eigenvalue weighted by Crippen LogP contribution is 2.37. The van der Waals surface area contributed by atoms with Gasteiger partial charge in [-0.1, -0.05) is 121 Å². The van der Waals surface area contributed by atoms with Gasteiger partial charge in [-0.05, 0) is 63.7 Å². The molecule has 2 nitrogen and oxygen atoms in total. The van der Waals surface area contributed by atoms with Gasteiger partial charge in [0, 0.05) is 27.5 Å². The summed E-state index contributed by atoms with van der Waals surface area (Å²) in [4.78, 5) is 0. The normalized spacial score (nSPS) is 11.5. The van der Waals surface area contributed by atoms with E-state index in [1.165, 1.54) is 38.2 Å². The van der Waals surface area contributed by atoms with Crippen LogP contribution in [0.25, 0.3) is 60.2 Å². The van der Waals surface area contributed by atoms with Gasteiger partial charge >= 0.3 is 0 Å². The van der Waals surface area contributed by atoms with E-state index in [0.717, 1.165) is 38.4 Å². The average Bonchev–Trinajstić information content (AvgIpc) is 3.36. The second-order valence-electron chi connectivity index (χ2n) is 10.4. The lowest BCUT2D eigenvalue weighted by Crippen LogP contribution is -1.96. The van der Waals surface area contributed by atoms with E-state index in [4.69, 9.17) is 11.6 Å². The number of benzene rings is 7. The van der Waals surface area contributed by atoms with Gasteiger partial charge in [-0.25, -0.2) is 0 Å². The number of nitrogens with one attached hydrogen (secondary N) is 1. The zero-order valence-corrected chi connectivity index (χ0v) is 22.9. The van der Waals surface area contributed by atoms with E-state index in [-0.39, 0.29) is 0 Å². The first-order chi connectivity index (χ1) is 20.2. The smallest absolute Gasteiger partial charge is 0.0719 e. The molecule has 0 aliphatic carbocycles. The molecule has 8 aromatic rings. The molecule has 0 fully saturated rings. The Morgan fingerprint density at radius 2 is 1.15 bits per heavy atom. The van der Waals surface area contributed by atoms with Gasteiger partial charge in [0.1, 0.15) is 0 Å². The SMILES string of the molecule is Clc1c(Nc2ccc3c4ccccc4n(-c4ccc(-c5cccc6ccccc56)cc4)c3c2)ccc2ccccc12. The molecule has 0 aliphatic rings. The second kappa shape index (κ2) is 9.55. The summed E-state index contributed by atoms with van der Waals surface area (Å²) in [7, 11) is 0. The number of anilines is 2. The molecule has 7 aromatic carbocycles. The third-order valence-corrected chi connectivity index (χ3v) is 8.45. The van der Waals surface area contributed by atoms with Crippen molar-refractivity contribution in [2.75, 3.05) is 5.32 Å². The molecule has 3 heteroatoms. The molecule has 0 saturated heterocycles. The molecule has 1 aromatic heterocycles. The lowest BCUT2D eigenvalue weighted by atomic mass is 9.98. The monoisotopic (exact) mass is 544 g/mol. The average molecular weight is 545 g/mol. The van der Waals surface area contributed by atoms with Crippen LogP contribution in [0.3, 0.4) is 0 Å². The summed E-state index contributed by atoms with van der Waals surface area (Å²) in [6.45, 7) is 0. The van der Waals surface area contributed by atoms with Crippen LogP contribution in [-0.4, -0.2) is 4.57 Å². The summed E-state index contributed by atoms with van der Waals surface area (Å²) in [6, 6.07) is 51.5. The van der Waals surface area contributed by atoms with Crippen molar-refractivity contribution in [1.82, 2.24) is 4.57 Å². The molecular weight excluding hydrogens is 520 g/mol. The number of fused-ring (bicyclic) bond motifs is 5. The van der Waals surface area contributed by atoms with Crippen molar-refractivity contribution in [3.05, 3.63) is 151 Å². The highest BCUT2D eigenvalue weighted by molar-refractivity contribution is 6.38. The Morgan fingerprint density at radius 1 is 0.488 bits per heavy atom. The van der Waals surface area contributed by atoms with Crippen molar-refractivity contribution in [2.24, 2.45) is 0 Å². The molecule has 0 radical (unpaired) electrons. The van der Waals surface area contributed by atoms with Crippen molar-refractivity contribution in [2.45, 2.75) is 0 Å². The fraction of sp³-hybridized carbons (Fsp3) is 0. The molecule has 0 unspecified atom stereocenters. The zero-order valence-electron chi connectivity index (χ0n) is 22.2. The molecule has 0 atom stereocenters. The highest BCUT2D eigenvalue weighted by Gasteiger charge is 2.14. The van der Waals surface area contributed by atoms with Crippen LogP contribution in [-0.2, 0) is 0 Å². The number of hydrogen-bond donors (Lipinski definition) is 1. The first-order valence-electron chi connectivity index (χ1n) is 13.8. The molecular formula is C38H25ClN2. The minimum absolute atomic E-state index is 0.729. The predicted molar refractivity (Wildman–Crippen MR) is 176 cm³/mol. The molecule has 8 rings (SSSR count). The third-order valence-electron chi connectivity index (χ3n) is 8.04. The van der Waals surface area contributed by atoms with E-state index in [9.17, 15) is 0 Å². The van der Waals surface area contributed by atoms with Gasteiger partial charge in [0.15, 0.2) is 0 Å².